The molecule has 2 N–H and O–H groups in total. The molecule has 0 amide bonds. The first-order valence-corrected chi connectivity index (χ1v) is 5.52. The molecule has 0 bridgehead atoms. The van der Waals surface area contributed by atoms with Crippen molar-refractivity contribution in [2.45, 2.75) is 6.92 Å². The second kappa shape index (κ2) is 5.59. The Kier molecular flexibility index (Phi) is 3.88. The van der Waals surface area contributed by atoms with Gasteiger partial charge in [0.2, 0.25) is 0 Å². The zero-order chi connectivity index (χ0) is 13.8. The van der Waals surface area contributed by atoms with Gasteiger partial charge in [-0.2, -0.15) is 5.10 Å². The summed E-state index contributed by atoms with van der Waals surface area (Å²) in [5, 5.41) is 22.7. The molecule has 19 heavy (non-hydrogen) atoms. The van der Waals surface area contributed by atoms with Gasteiger partial charge in [0.15, 0.2) is 5.82 Å². The van der Waals surface area contributed by atoms with Gasteiger partial charge in [-0.1, -0.05) is 0 Å². The second-order valence-electron chi connectivity index (χ2n) is 3.51. The molecule has 2 aromatic rings. The van der Waals surface area contributed by atoms with Crippen molar-refractivity contribution in [1.82, 2.24) is 19.7 Å². The van der Waals surface area contributed by atoms with Crippen molar-refractivity contribution in [3.63, 3.8) is 0 Å². The monoisotopic (exact) mass is 262 g/mol. The first-order chi connectivity index (χ1) is 9.15. The van der Waals surface area contributed by atoms with Crippen LogP contribution in [0.4, 0.5) is 0 Å². The lowest BCUT2D eigenvalue weighted by atomic mass is 9.83. The summed E-state index contributed by atoms with van der Waals surface area (Å²) in [6, 6.07) is 0. The molecular formula is C10H11BN4O4. The van der Waals surface area contributed by atoms with Gasteiger partial charge in [0.1, 0.15) is 0 Å². The lowest BCUT2D eigenvalue weighted by Crippen LogP contribution is -2.40. The maximum atomic E-state index is 11.7. The number of hydrogen-bond donors (Lipinski definition) is 2. The van der Waals surface area contributed by atoms with Crippen LogP contribution in [0.1, 0.15) is 17.3 Å². The highest BCUT2D eigenvalue weighted by Crippen LogP contribution is 2.04. The minimum Gasteiger partial charge on any atom is -0.462 e. The van der Waals surface area contributed by atoms with Gasteiger partial charge in [-0.05, 0) is 6.92 Å². The van der Waals surface area contributed by atoms with E-state index in [0.29, 0.717) is 0 Å². The van der Waals surface area contributed by atoms with Gasteiger partial charge in [0.25, 0.3) is 0 Å². The number of esters is 1. The fourth-order valence-corrected chi connectivity index (χ4v) is 1.56. The van der Waals surface area contributed by atoms with Gasteiger partial charge in [-0.15, -0.1) is 0 Å². The van der Waals surface area contributed by atoms with E-state index >= 15 is 0 Å². The van der Waals surface area contributed by atoms with E-state index < -0.39 is 13.1 Å². The van der Waals surface area contributed by atoms with E-state index in [-0.39, 0.29) is 23.6 Å². The first-order valence-electron chi connectivity index (χ1n) is 5.52. The molecule has 0 aliphatic rings. The Morgan fingerprint density at radius 2 is 2.21 bits per heavy atom. The molecule has 2 rings (SSSR count). The van der Waals surface area contributed by atoms with Crippen molar-refractivity contribution in [1.29, 1.82) is 0 Å². The number of ether oxygens (including phenoxy) is 1. The zero-order valence-electron chi connectivity index (χ0n) is 10.1. The highest BCUT2D eigenvalue weighted by molar-refractivity contribution is 6.59. The number of aromatic nitrogens is 4. The van der Waals surface area contributed by atoms with Gasteiger partial charge in [-0.25, -0.2) is 14.5 Å². The summed E-state index contributed by atoms with van der Waals surface area (Å²) in [7, 11) is -1.89. The maximum absolute atomic E-state index is 11.7. The largest absolute Gasteiger partial charge is 0.509 e. The molecule has 9 heteroatoms. The summed E-state index contributed by atoms with van der Waals surface area (Å²) in [5.41, 5.74) is -0.138. The Balaban J connectivity index is 2.49. The predicted molar refractivity (Wildman–Crippen MR) is 64.9 cm³/mol. The summed E-state index contributed by atoms with van der Waals surface area (Å²) < 4.78 is 5.95. The van der Waals surface area contributed by atoms with Crippen LogP contribution in [-0.2, 0) is 4.74 Å². The summed E-state index contributed by atoms with van der Waals surface area (Å²) >= 11 is 0. The van der Waals surface area contributed by atoms with Crippen molar-refractivity contribution in [3.05, 3.63) is 30.4 Å². The van der Waals surface area contributed by atoms with Crippen LogP contribution in [-0.4, -0.2) is 49.5 Å². The Morgan fingerprint density at radius 3 is 2.79 bits per heavy atom. The summed E-state index contributed by atoms with van der Waals surface area (Å²) in [6.45, 7) is 1.83. The Morgan fingerprint density at radius 1 is 1.42 bits per heavy atom. The van der Waals surface area contributed by atoms with Gasteiger partial charge in [-0.3, -0.25) is 4.98 Å². The van der Waals surface area contributed by atoms with E-state index in [1.165, 1.54) is 24.8 Å². The van der Waals surface area contributed by atoms with E-state index in [0.717, 1.165) is 4.68 Å². The predicted octanol–water partition coefficient (Wildman–Crippen LogP) is -1.48. The Hall–Kier alpha value is -2.26. The number of hydrogen-bond acceptors (Lipinski definition) is 7. The van der Waals surface area contributed by atoms with Crippen LogP contribution < -0.4 is 5.59 Å². The molecule has 0 unspecified atom stereocenters. The topological polar surface area (TPSA) is 110 Å². The summed E-state index contributed by atoms with van der Waals surface area (Å²) in [5.74, 6) is -0.415. The fourth-order valence-electron chi connectivity index (χ4n) is 1.56. The van der Waals surface area contributed by atoms with Crippen molar-refractivity contribution >= 4 is 18.7 Å². The summed E-state index contributed by atoms with van der Waals surface area (Å²) in [6.07, 6.45) is 5.47. The third-order valence-corrected chi connectivity index (χ3v) is 2.31. The number of carbonyl (C=O) groups is 1. The standard InChI is InChI=1S/C10H11BN4O4/c1-2-19-10(16)7-5-14-15(9(7)11(17)18)8-6-12-3-4-13-8/h3-6,17-18H,2H2,1H3. The zero-order valence-corrected chi connectivity index (χ0v) is 10.1. The van der Waals surface area contributed by atoms with Crippen molar-refractivity contribution in [3.8, 4) is 5.82 Å². The molecule has 0 aromatic carbocycles. The van der Waals surface area contributed by atoms with E-state index in [4.69, 9.17) is 4.74 Å². The van der Waals surface area contributed by atoms with Crippen LogP contribution in [0.15, 0.2) is 24.8 Å². The second-order valence-corrected chi connectivity index (χ2v) is 3.51. The van der Waals surface area contributed by atoms with Crippen LogP contribution in [0.2, 0.25) is 0 Å². The highest BCUT2D eigenvalue weighted by atomic mass is 16.5. The summed E-state index contributed by atoms with van der Waals surface area (Å²) in [4.78, 5) is 19.5. The third kappa shape index (κ3) is 2.61. The number of carbonyl (C=O) groups excluding carboxylic acids is 1. The molecule has 0 atom stereocenters. The average molecular weight is 262 g/mol. The van der Waals surface area contributed by atoms with Crippen molar-refractivity contribution in [2.75, 3.05) is 6.61 Å². The average Bonchev–Trinajstić information content (AvgIpc) is 2.85. The van der Waals surface area contributed by atoms with Gasteiger partial charge in [0.05, 0.1) is 30.2 Å². The van der Waals surface area contributed by atoms with Crippen molar-refractivity contribution in [2.24, 2.45) is 0 Å². The third-order valence-electron chi connectivity index (χ3n) is 2.31. The Bertz CT molecular complexity index is 572. The minimum absolute atomic E-state index is 0.0255. The first kappa shape index (κ1) is 13.2. The van der Waals surface area contributed by atoms with Gasteiger partial charge in [0, 0.05) is 12.4 Å². The molecule has 2 heterocycles. The Labute approximate surface area is 108 Å². The minimum atomic E-state index is -1.89. The SMILES string of the molecule is CCOC(=O)c1cnn(-c2cnccn2)c1B(O)O. The van der Waals surface area contributed by atoms with Crippen molar-refractivity contribution < 1.29 is 19.6 Å². The molecule has 0 fully saturated rings. The van der Waals surface area contributed by atoms with Gasteiger partial charge >= 0.3 is 13.1 Å². The van der Waals surface area contributed by atoms with Crippen LogP contribution in [0.3, 0.4) is 0 Å². The molecule has 0 radical (unpaired) electrons. The fraction of sp³-hybridized carbons (Fsp3) is 0.200. The van der Waals surface area contributed by atoms with Crippen LogP contribution in [0.5, 0.6) is 0 Å². The molecule has 98 valence electrons. The molecule has 0 saturated heterocycles. The number of nitrogens with zero attached hydrogens (tertiary/aromatic N) is 4. The molecule has 0 spiro atoms. The van der Waals surface area contributed by atoms with Gasteiger partial charge < -0.3 is 14.8 Å². The molecular weight excluding hydrogens is 251 g/mol. The van der Waals surface area contributed by atoms with E-state index in [2.05, 4.69) is 15.1 Å². The van der Waals surface area contributed by atoms with Crippen LogP contribution in [0.25, 0.3) is 5.82 Å². The molecule has 0 aliphatic carbocycles. The smallest absolute Gasteiger partial charge is 0.462 e. The molecule has 0 aliphatic heterocycles. The van der Waals surface area contributed by atoms with E-state index in [9.17, 15) is 14.8 Å². The molecule has 2 aromatic heterocycles. The quantitative estimate of drug-likeness (QED) is 0.510. The molecule has 8 nitrogen and oxygen atoms in total. The molecule has 0 saturated carbocycles. The van der Waals surface area contributed by atoms with Crippen LogP contribution in [0, 0.1) is 0 Å². The number of rotatable bonds is 4. The lowest BCUT2D eigenvalue weighted by molar-refractivity contribution is 0.0527. The van der Waals surface area contributed by atoms with Crippen LogP contribution >= 0.6 is 0 Å². The highest BCUT2D eigenvalue weighted by Gasteiger charge is 2.28. The maximum Gasteiger partial charge on any atom is 0.509 e. The normalized spacial score (nSPS) is 10.3. The lowest BCUT2D eigenvalue weighted by Gasteiger charge is -2.07. The van der Waals surface area contributed by atoms with E-state index in [1.54, 1.807) is 6.92 Å². The van der Waals surface area contributed by atoms with E-state index in [1.807, 2.05) is 0 Å².